The molecule has 1 aromatic carbocycles. The van der Waals surface area contributed by atoms with E-state index in [0.717, 1.165) is 24.0 Å². The molecule has 0 fully saturated rings. The van der Waals surface area contributed by atoms with Crippen molar-refractivity contribution in [2.75, 3.05) is 13.6 Å². The SMILES string of the molecule is CCCCC(CN=S(=O)=O)(C(=O)NC(=S)NC)c1ccc(C)cc1. The zero-order valence-electron chi connectivity index (χ0n) is 14.1. The van der Waals surface area contributed by atoms with Crippen molar-refractivity contribution in [3.05, 3.63) is 35.4 Å². The van der Waals surface area contributed by atoms with Gasteiger partial charge in [-0.05, 0) is 31.1 Å². The summed E-state index contributed by atoms with van der Waals surface area (Å²) in [6.45, 7) is 3.81. The minimum atomic E-state index is -2.58. The predicted molar refractivity (Wildman–Crippen MR) is 98.4 cm³/mol. The van der Waals surface area contributed by atoms with Crippen LogP contribution in [0.25, 0.3) is 0 Å². The Morgan fingerprint density at radius 1 is 1.29 bits per heavy atom. The number of nitrogens with one attached hydrogen (secondary N) is 2. The number of rotatable bonds is 7. The summed E-state index contributed by atoms with van der Waals surface area (Å²) in [5.41, 5.74) is 0.704. The van der Waals surface area contributed by atoms with Crippen molar-refractivity contribution in [3.63, 3.8) is 0 Å². The van der Waals surface area contributed by atoms with E-state index in [1.807, 2.05) is 38.1 Å². The third-order valence-corrected chi connectivity index (χ3v) is 4.54. The van der Waals surface area contributed by atoms with E-state index in [1.54, 1.807) is 7.05 Å². The maximum Gasteiger partial charge on any atom is 0.311 e. The van der Waals surface area contributed by atoms with Crippen LogP contribution >= 0.6 is 12.2 Å². The van der Waals surface area contributed by atoms with E-state index in [0.29, 0.717) is 6.42 Å². The van der Waals surface area contributed by atoms with Gasteiger partial charge in [0.05, 0.1) is 12.0 Å². The molecule has 0 bridgehead atoms. The molecule has 1 atom stereocenters. The second-order valence-electron chi connectivity index (χ2n) is 5.59. The van der Waals surface area contributed by atoms with Gasteiger partial charge in [-0.2, -0.15) is 12.8 Å². The Bertz CT molecular complexity index is 707. The first-order valence-electron chi connectivity index (χ1n) is 7.73. The van der Waals surface area contributed by atoms with Crippen molar-refractivity contribution in [3.8, 4) is 0 Å². The van der Waals surface area contributed by atoms with Gasteiger partial charge in [0.1, 0.15) is 0 Å². The molecule has 0 aliphatic heterocycles. The fourth-order valence-electron chi connectivity index (χ4n) is 2.43. The van der Waals surface area contributed by atoms with Gasteiger partial charge in [0.15, 0.2) is 5.11 Å². The van der Waals surface area contributed by atoms with E-state index < -0.39 is 15.9 Å². The summed E-state index contributed by atoms with van der Waals surface area (Å²) >= 11 is 5.02. The average Bonchev–Trinajstić information content (AvgIpc) is 2.56. The second-order valence-corrected chi connectivity index (χ2v) is 6.69. The molecule has 0 aromatic heterocycles. The molecule has 24 heavy (non-hydrogen) atoms. The average molecular weight is 370 g/mol. The largest absolute Gasteiger partial charge is 0.365 e. The van der Waals surface area contributed by atoms with Crippen molar-refractivity contribution in [2.24, 2.45) is 4.36 Å². The minimum Gasteiger partial charge on any atom is -0.365 e. The number of thiocarbonyl (C=S) groups is 1. The Morgan fingerprint density at radius 2 is 1.92 bits per heavy atom. The molecule has 0 saturated heterocycles. The quantitative estimate of drug-likeness (QED) is 0.719. The summed E-state index contributed by atoms with van der Waals surface area (Å²) in [6, 6.07) is 7.48. The monoisotopic (exact) mass is 369 g/mol. The predicted octanol–water partition coefficient (Wildman–Crippen LogP) is 2.11. The first kappa shape index (κ1) is 20.2. The lowest BCUT2D eigenvalue weighted by atomic mass is 9.75. The third kappa shape index (κ3) is 5.38. The summed E-state index contributed by atoms with van der Waals surface area (Å²) in [4.78, 5) is 12.9. The highest BCUT2D eigenvalue weighted by Gasteiger charge is 2.40. The summed E-state index contributed by atoms with van der Waals surface area (Å²) < 4.78 is 25.5. The molecule has 6 nitrogen and oxygen atoms in total. The zero-order valence-corrected chi connectivity index (χ0v) is 15.8. The Labute approximate surface area is 149 Å². The lowest BCUT2D eigenvalue weighted by molar-refractivity contribution is -0.125. The summed E-state index contributed by atoms with van der Waals surface area (Å²) in [7, 11) is -0.970. The van der Waals surface area contributed by atoms with Crippen LogP contribution in [0.4, 0.5) is 0 Å². The topological polar surface area (TPSA) is 87.6 Å². The molecule has 1 aromatic rings. The molecule has 0 aliphatic carbocycles. The van der Waals surface area contributed by atoms with E-state index in [-0.39, 0.29) is 17.6 Å². The molecular weight excluding hydrogens is 346 g/mol. The van der Waals surface area contributed by atoms with Crippen LogP contribution < -0.4 is 10.6 Å². The van der Waals surface area contributed by atoms with Crippen LogP contribution in [0.3, 0.4) is 0 Å². The number of unbranched alkanes of at least 4 members (excludes halogenated alkanes) is 1. The molecule has 8 heteroatoms. The Morgan fingerprint density at radius 3 is 2.42 bits per heavy atom. The molecule has 0 spiro atoms. The summed E-state index contributed by atoms with van der Waals surface area (Å²) in [5.74, 6) is -0.353. The lowest BCUT2D eigenvalue weighted by Crippen LogP contribution is -2.50. The van der Waals surface area contributed by atoms with Crippen LogP contribution in [-0.4, -0.2) is 33.0 Å². The van der Waals surface area contributed by atoms with Crippen LogP contribution in [0.1, 0.15) is 37.3 Å². The van der Waals surface area contributed by atoms with Crippen molar-refractivity contribution < 1.29 is 13.2 Å². The molecule has 1 amide bonds. The molecule has 1 unspecified atom stereocenters. The fraction of sp³-hybridized carbons (Fsp3) is 0.500. The van der Waals surface area contributed by atoms with Gasteiger partial charge in [-0.3, -0.25) is 4.79 Å². The van der Waals surface area contributed by atoms with Crippen molar-refractivity contribution in [1.82, 2.24) is 10.6 Å². The smallest absolute Gasteiger partial charge is 0.311 e. The van der Waals surface area contributed by atoms with Gasteiger partial charge in [0.25, 0.3) is 0 Å². The number of carbonyl (C=O) groups excluding carboxylic acids is 1. The van der Waals surface area contributed by atoms with Gasteiger partial charge in [-0.1, -0.05) is 49.6 Å². The highest BCUT2D eigenvalue weighted by Crippen LogP contribution is 2.31. The number of amides is 1. The van der Waals surface area contributed by atoms with Crippen LogP contribution in [0.5, 0.6) is 0 Å². The maximum absolute atomic E-state index is 12.9. The van der Waals surface area contributed by atoms with Crippen LogP contribution in [0.15, 0.2) is 28.6 Å². The van der Waals surface area contributed by atoms with Gasteiger partial charge in [-0.15, -0.1) is 0 Å². The molecule has 132 valence electrons. The van der Waals surface area contributed by atoms with Crippen LogP contribution in [0, 0.1) is 6.92 Å². The number of hydrogen-bond donors (Lipinski definition) is 2. The normalized spacial score (nSPS) is 12.8. The Balaban J connectivity index is 3.41. The van der Waals surface area contributed by atoms with Gasteiger partial charge in [-0.25, -0.2) is 0 Å². The lowest BCUT2D eigenvalue weighted by Gasteiger charge is -2.31. The first-order chi connectivity index (χ1) is 11.4. The van der Waals surface area contributed by atoms with Crippen LogP contribution in [0.2, 0.25) is 0 Å². The number of aryl methyl sites for hydroxylation is 1. The van der Waals surface area contributed by atoms with E-state index in [4.69, 9.17) is 12.2 Å². The van der Waals surface area contributed by atoms with E-state index in [9.17, 15) is 13.2 Å². The summed E-state index contributed by atoms with van der Waals surface area (Å²) in [6.07, 6.45) is 2.11. The van der Waals surface area contributed by atoms with E-state index >= 15 is 0 Å². The Kier molecular flexibility index (Phi) is 8.00. The first-order valence-corrected chi connectivity index (χ1v) is 9.17. The zero-order chi connectivity index (χ0) is 18.2. The van der Waals surface area contributed by atoms with Crippen molar-refractivity contribution in [1.29, 1.82) is 0 Å². The van der Waals surface area contributed by atoms with Crippen molar-refractivity contribution in [2.45, 2.75) is 38.5 Å². The van der Waals surface area contributed by atoms with E-state index in [2.05, 4.69) is 15.0 Å². The third-order valence-electron chi connectivity index (χ3n) is 3.89. The number of hydrogen-bond acceptors (Lipinski definition) is 5. The van der Waals surface area contributed by atoms with Gasteiger partial charge < -0.3 is 10.6 Å². The fourth-order valence-corrected chi connectivity index (χ4v) is 2.85. The Hall–Kier alpha value is -1.80. The van der Waals surface area contributed by atoms with Crippen LogP contribution in [-0.2, 0) is 20.7 Å². The highest BCUT2D eigenvalue weighted by atomic mass is 32.2. The van der Waals surface area contributed by atoms with E-state index in [1.165, 1.54) is 0 Å². The standard InChI is InChI=1S/C16H23N3O3S2/c1-4-5-10-16(11-18-24(21)22,14(20)19-15(23)17-3)13-8-6-12(2)7-9-13/h6-9H,4-5,10-11H2,1-3H3,(H2,17,19,20,23). The number of carbonyl (C=O) groups is 1. The number of nitrogens with zero attached hydrogens (tertiary/aromatic N) is 1. The molecule has 0 heterocycles. The van der Waals surface area contributed by atoms with Gasteiger partial charge in [0.2, 0.25) is 5.91 Å². The highest BCUT2D eigenvalue weighted by molar-refractivity contribution is 7.80. The minimum absolute atomic E-state index is 0.148. The molecule has 0 aliphatic rings. The molecule has 2 N–H and O–H groups in total. The number of benzene rings is 1. The summed E-state index contributed by atoms with van der Waals surface area (Å²) in [5, 5.41) is 5.52. The molecule has 0 saturated carbocycles. The van der Waals surface area contributed by atoms with Gasteiger partial charge >= 0.3 is 10.5 Å². The van der Waals surface area contributed by atoms with Gasteiger partial charge in [0, 0.05) is 7.05 Å². The maximum atomic E-state index is 12.9. The molecule has 1 rings (SSSR count). The molecule has 0 radical (unpaired) electrons. The second kappa shape index (κ2) is 9.48. The van der Waals surface area contributed by atoms with Crippen molar-refractivity contribution >= 4 is 33.7 Å². The molecular formula is C16H23N3O3S2.